The Morgan fingerprint density at radius 2 is 1.45 bits per heavy atom. The van der Waals surface area contributed by atoms with Gasteiger partial charge < -0.3 is 33.7 Å². The fourth-order valence-corrected chi connectivity index (χ4v) is 5.18. The van der Waals surface area contributed by atoms with Gasteiger partial charge in [0.25, 0.3) is 0 Å². The van der Waals surface area contributed by atoms with Gasteiger partial charge in [-0.25, -0.2) is 9.83 Å². The monoisotopic (exact) mass is 601 g/mol. The summed E-state index contributed by atoms with van der Waals surface area (Å²) in [5.41, 5.74) is 1.24. The molecule has 232 valence electrons. The van der Waals surface area contributed by atoms with E-state index < -0.39 is 11.5 Å². The van der Waals surface area contributed by atoms with Gasteiger partial charge in [-0.2, -0.15) is 9.97 Å². The van der Waals surface area contributed by atoms with Crippen LogP contribution in [0.4, 0.5) is 5.69 Å². The van der Waals surface area contributed by atoms with Crippen molar-refractivity contribution in [1.82, 2.24) is 19.9 Å². The summed E-state index contributed by atoms with van der Waals surface area (Å²) in [4.78, 5) is 19.3. The average molecular weight is 602 g/mol. The molecule has 0 saturated heterocycles. The summed E-state index contributed by atoms with van der Waals surface area (Å²) in [5, 5.41) is 13.9. The molecule has 11 heteroatoms. The topological polar surface area (TPSA) is 113 Å². The molecule has 3 aromatic heterocycles. The van der Waals surface area contributed by atoms with Crippen LogP contribution in [0.3, 0.4) is 0 Å². The first-order valence-corrected chi connectivity index (χ1v) is 14.1. The molecular weight excluding hydrogens is 562 g/mol. The van der Waals surface area contributed by atoms with Crippen LogP contribution >= 0.6 is 0 Å². The molecule has 0 saturated carbocycles. The van der Waals surface area contributed by atoms with E-state index >= 15 is 0 Å². The molecule has 0 radical (unpaired) electrons. The number of benzene rings is 1. The lowest BCUT2D eigenvalue weighted by molar-refractivity contribution is 0.00318. The average Bonchev–Trinajstić information content (AvgIpc) is 3.02. The van der Waals surface area contributed by atoms with E-state index in [1.54, 1.807) is 49.6 Å². The first kappa shape index (κ1) is 32.3. The number of aromatic nitrogens is 3. The number of fused-ring (bicyclic) bond motifs is 1. The smallest absolute Gasteiger partial charge is 0.217 e. The van der Waals surface area contributed by atoms with Crippen LogP contribution in [-0.2, 0) is 5.60 Å². The van der Waals surface area contributed by atoms with Crippen molar-refractivity contribution in [2.24, 2.45) is 0 Å². The van der Waals surface area contributed by atoms with Crippen molar-refractivity contribution in [2.45, 2.75) is 37.9 Å². The van der Waals surface area contributed by atoms with Gasteiger partial charge >= 0.3 is 0 Å². The lowest BCUT2D eigenvalue weighted by Gasteiger charge is -2.39. The number of methoxy groups -OCH3 is 4. The predicted molar refractivity (Wildman–Crippen MR) is 167 cm³/mol. The Bertz CT molecular complexity index is 1630. The molecule has 0 aliphatic carbocycles. The zero-order valence-electron chi connectivity index (χ0n) is 26.4. The van der Waals surface area contributed by atoms with E-state index in [2.05, 4.69) is 14.8 Å². The van der Waals surface area contributed by atoms with Gasteiger partial charge in [-0.15, -0.1) is 0 Å². The molecule has 0 bridgehead atoms. The number of ether oxygens (including phenoxy) is 5. The fourth-order valence-electron chi connectivity index (χ4n) is 5.18. The maximum absolute atomic E-state index is 13.2. The van der Waals surface area contributed by atoms with E-state index in [0.29, 0.717) is 52.1 Å². The molecule has 0 amide bonds. The van der Waals surface area contributed by atoms with Crippen LogP contribution in [0.1, 0.15) is 42.9 Å². The van der Waals surface area contributed by atoms with Gasteiger partial charge in [0.05, 0.1) is 46.6 Å². The van der Waals surface area contributed by atoms with Crippen LogP contribution in [0.25, 0.3) is 15.7 Å². The Balaban J connectivity index is 2.14. The highest BCUT2D eigenvalue weighted by molar-refractivity contribution is 5.84. The number of nitrogens with zero attached hydrogens (tertiary/aromatic N) is 5. The molecule has 4 rings (SSSR count). The normalized spacial score (nSPS) is 13.3. The largest absolute Gasteiger partial charge is 0.481 e. The van der Waals surface area contributed by atoms with Gasteiger partial charge in [0.1, 0.15) is 5.60 Å². The third kappa shape index (κ3) is 6.93. The van der Waals surface area contributed by atoms with Crippen molar-refractivity contribution in [3.8, 4) is 29.4 Å². The molecule has 2 atom stereocenters. The molecule has 0 aliphatic heterocycles. The van der Waals surface area contributed by atoms with Crippen molar-refractivity contribution in [3.63, 3.8) is 0 Å². The van der Waals surface area contributed by atoms with Gasteiger partial charge in [0, 0.05) is 42.3 Å². The maximum Gasteiger partial charge on any atom is 0.217 e. The van der Waals surface area contributed by atoms with Gasteiger partial charge in [-0.3, -0.25) is 0 Å². The van der Waals surface area contributed by atoms with Crippen molar-refractivity contribution in [1.29, 1.82) is 0 Å². The van der Waals surface area contributed by atoms with Crippen LogP contribution in [0, 0.1) is 6.57 Å². The minimum atomic E-state index is -1.62. The van der Waals surface area contributed by atoms with E-state index in [1.165, 1.54) is 21.3 Å². The van der Waals surface area contributed by atoms with Gasteiger partial charge in [0.15, 0.2) is 5.69 Å². The summed E-state index contributed by atoms with van der Waals surface area (Å²) in [7, 11) is 9.97. The van der Waals surface area contributed by atoms with E-state index in [-0.39, 0.29) is 24.3 Å². The highest BCUT2D eigenvalue weighted by Crippen LogP contribution is 2.49. The predicted octanol–water partition coefficient (Wildman–Crippen LogP) is 5.37. The van der Waals surface area contributed by atoms with Gasteiger partial charge in [-0.05, 0) is 69.1 Å². The van der Waals surface area contributed by atoms with Crippen molar-refractivity contribution < 1.29 is 28.8 Å². The molecule has 1 aromatic carbocycles. The summed E-state index contributed by atoms with van der Waals surface area (Å²) in [5.74, 6) is 0.712. The Morgan fingerprint density at radius 1 is 0.841 bits per heavy atom. The van der Waals surface area contributed by atoms with Crippen LogP contribution in [0.2, 0.25) is 0 Å². The Hall–Kier alpha value is -4.66. The first-order valence-electron chi connectivity index (χ1n) is 14.1. The summed E-state index contributed by atoms with van der Waals surface area (Å²) in [6.45, 7) is 11.9. The number of pyridine rings is 3. The molecule has 3 heterocycles. The highest BCUT2D eigenvalue weighted by Gasteiger charge is 2.44. The van der Waals surface area contributed by atoms with Gasteiger partial charge in [-0.1, -0.05) is 6.07 Å². The summed E-state index contributed by atoms with van der Waals surface area (Å²) < 4.78 is 28.5. The second-order valence-corrected chi connectivity index (χ2v) is 10.9. The van der Waals surface area contributed by atoms with E-state index in [9.17, 15) is 5.11 Å². The standard InChI is InChI=1S/C33H39N5O6/c1-20(2)44-30-17-22(16-27(37-30)40-6)31(25-15-21-14-24(34-3)10-11-26(21)35-32(25)43-9)33(39,12-13-38(4)5)23-18-28(41-7)36-29(19-23)42-8/h10-11,14-20,31,39H,12-13H2,1-2,4-9H3. The third-order valence-corrected chi connectivity index (χ3v) is 7.24. The zero-order valence-corrected chi connectivity index (χ0v) is 26.4. The molecule has 2 unspecified atom stereocenters. The summed E-state index contributed by atoms with van der Waals surface area (Å²) in [6, 6.07) is 14.1. The summed E-state index contributed by atoms with van der Waals surface area (Å²) in [6.07, 6.45) is 0.112. The van der Waals surface area contributed by atoms with Crippen LogP contribution in [0.5, 0.6) is 29.4 Å². The maximum atomic E-state index is 13.2. The quantitative estimate of drug-likeness (QED) is 0.201. The molecule has 44 heavy (non-hydrogen) atoms. The lowest BCUT2D eigenvalue weighted by atomic mass is 9.72. The minimum absolute atomic E-state index is 0.161. The second-order valence-electron chi connectivity index (χ2n) is 10.9. The van der Waals surface area contributed by atoms with Crippen LogP contribution < -0.4 is 23.7 Å². The number of hydrogen-bond acceptors (Lipinski definition) is 10. The molecule has 0 fully saturated rings. The van der Waals surface area contributed by atoms with Crippen LogP contribution in [-0.4, -0.2) is 80.1 Å². The van der Waals surface area contributed by atoms with Crippen LogP contribution in [0.15, 0.2) is 48.5 Å². The van der Waals surface area contributed by atoms with Crippen molar-refractivity contribution in [2.75, 3.05) is 49.1 Å². The Morgan fingerprint density at radius 3 is 2.02 bits per heavy atom. The number of hydrogen-bond donors (Lipinski definition) is 1. The molecule has 1 N–H and O–H groups in total. The molecule has 0 aliphatic rings. The van der Waals surface area contributed by atoms with E-state index in [1.807, 2.05) is 38.9 Å². The third-order valence-electron chi connectivity index (χ3n) is 7.24. The summed E-state index contributed by atoms with van der Waals surface area (Å²) >= 11 is 0. The second kappa shape index (κ2) is 13.8. The molecule has 4 aromatic rings. The Kier molecular flexibility index (Phi) is 10.1. The van der Waals surface area contributed by atoms with E-state index in [0.717, 1.165) is 5.39 Å². The molecule has 11 nitrogen and oxygen atoms in total. The molecule has 0 spiro atoms. The highest BCUT2D eigenvalue weighted by atomic mass is 16.5. The lowest BCUT2D eigenvalue weighted by Crippen LogP contribution is -2.38. The van der Waals surface area contributed by atoms with Crippen molar-refractivity contribution in [3.05, 3.63) is 76.6 Å². The zero-order chi connectivity index (χ0) is 32.0. The minimum Gasteiger partial charge on any atom is -0.481 e. The van der Waals surface area contributed by atoms with Gasteiger partial charge in [0.2, 0.25) is 29.4 Å². The first-order chi connectivity index (χ1) is 21.0. The Labute approximate surface area is 258 Å². The number of aliphatic hydroxyl groups is 1. The SMILES string of the molecule is [C-]#[N+]c1ccc2nc(OC)c(C(c3cc(OC)nc(OC(C)C)c3)C(O)(CCN(C)C)c3cc(OC)nc(OC)c3)cc2c1. The fraction of sp³-hybridized carbons (Fsp3) is 0.394. The molecular formula is C33H39N5O6. The van der Waals surface area contributed by atoms with Crippen molar-refractivity contribution >= 4 is 16.6 Å². The van der Waals surface area contributed by atoms with E-state index in [4.69, 9.17) is 35.2 Å². The number of rotatable bonds is 13.